The van der Waals surface area contributed by atoms with Crippen molar-refractivity contribution in [2.45, 2.75) is 163 Å². The van der Waals surface area contributed by atoms with Crippen molar-refractivity contribution in [2.24, 2.45) is 16.7 Å². The molecule has 18 heteroatoms. The number of aliphatic hydroxyl groups is 1. The second-order valence-electron chi connectivity index (χ2n) is 18.4. The smallest absolute Gasteiger partial charge is 0.314 e. The van der Waals surface area contributed by atoms with E-state index >= 15 is 0 Å². The van der Waals surface area contributed by atoms with Crippen molar-refractivity contribution >= 4 is 77.3 Å². The van der Waals surface area contributed by atoms with Crippen molar-refractivity contribution in [3.8, 4) is 0 Å². The largest absolute Gasteiger partial charge is 0.437 e. The third-order valence-corrected chi connectivity index (χ3v) is 43.7. The summed E-state index contributed by atoms with van der Waals surface area (Å²) in [6, 6.07) is 0. The minimum Gasteiger partial charge on any atom is -0.437 e. The predicted octanol–water partition coefficient (Wildman–Crippen LogP) is 8.60. The molecule has 2 rings (SSSR count). The van der Waals surface area contributed by atoms with Gasteiger partial charge in [-0.05, 0) is 148 Å². The summed E-state index contributed by atoms with van der Waals surface area (Å²) < 4.78 is 53.7. The van der Waals surface area contributed by atoms with Gasteiger partial charge in [-0.3, -0.25) is 0 Å². The lowest BCUT2D eigenvalue weighted by molar-refractivity contribution is -0.0421. The maximum absolute atomic E-state index is 12.4. The Morgan fingerprint density at radius 1 is 0.522 bits per heavy atom. The maximum Gasteiger partial charge on any atom is 0.314 e. The van der Waals surface area contributed by atoms with Crippen LogP contribution in [-0.4, -0.2) is 87.6 Å². The van der Waals surface area contributed by atoms with E-state index in [1.165, 1.54) is 6.42 Å². The molecule has 0 amide bonds. The van der Waals surface area contributed by atoms with Crippen LogP contribution in [0.5, 0.6) is 0 Å². The van der Waals surface area contributed by atoms with Crippen molar-refractivity contribution in [3.63, 3.8) is 0 Å². The average molecular weight is 805 g/mol. The topological polar surface area (TPSA) is 94.1 Å². The predicted molar refractivity (Wildman–Crippen MR) is 210 cm³/mol. The van der Waals surface area contributed by atoms with E-state index in [4.69, 9.17) is 32.9 Å². The highest BCUT2D eigenvalue weighted by Gasteiger charge is 2.74. The Morgan fingerprint density at radius 2 is 0.826 bits per heavy atom. The summed E-state index contributed by atoms with van der Waals surface area (Å²) in [6.07, 6.45) is 3.07. The van der Waals surface area contributed by atoms with Crippen LogP contribution >= 0.6 is 0 Å². The van der Waals surface area contributed by atoms with Crippen LogP contribution < -0.4 is 0 Å². The van der Waals surface area contributed by atoms with E-state index in [1.54, 1.807) is 0 Å². The van der Waals surface area contributed by atoms with E-state index in [9.17, 15) is 5.11 Å². The highest BCUT2D eigenvalue weighted by Crippen LogP contribution is 2.71. The first kappa shape index (κ1) is 43.8. The van der Waals surface area contributed by atoms with Crippen LogP contribution in [0.2, 0.25) is 118 Å². The van der Waals surface area contributed by atoms with Crippen LogP contribution in [0.25, 0.3) is 0 Å². The SMILES string of the molecule is C[Si](C)O[Si](C)(C)O[Si](C)(C)O[Si](C)(C)O[Si](C)(C)O[Si](C)(C)O[Si](C)(C)O[Si](C)(C)O[Si](C)(C)C1(O)CC2CCC1(C)C2(C)C. The Labute approximate surface area is 293 Å². The highest BCUT2D eigenvalue weighted by atomic mass is 28.5. The van der Waals surface area contributed by atoms with Crippen molar-refractivity contribution in [1.29, 1.82) is 0 Å². The van der Waals surface area contributed by atoms with E-state index in [-0.39, 0.29) is 10.8 Å². The molecule has 3 atom stereocenters. The first-order valence-electron chi connectivity index (χ1n) is 17.1. The summed E-state index contributed by atoms with van der Waals surface area (Å²) in [5.41, 5.74) is -0.0568. The van der Waals surface area contributed by atoms with Crippen LogP contribution in [0, 0.1) is 16.7 Å². The second-order valence-corrected chi connectivity index (χ2v) is 50.2. The molecular weight excluding hydrogens is 733 g/mol. The van der Waals surface area contributed by atoms with Gasteiger partial charge in [0, 0.05) is 5.41 Å². The zero-order valence-electron chi connectivity index (χ0n) is 33.4. The molecule has 0 aromatic carbocycles. The molecule has 2 bridgehead atoms. The summed E-state index contributed by atoms with van der Waals surface area (Å²) in [7, 11) is -21.7. The van der Waals surface area contributed by atoms with Gasteiger partial charge in [-0.15, -0.1) is 0 Å². The van der Waals surface area contributed by atoms with Gasteiger partial charge in [0.15, 0.2) is 9.04 Å². The number of hydrogen-bond acceptors (Lipinski definition) is 9. The summed E-state index contributed by atoms with van der Waals surface area (Å²) >= 11 is 0. The molecule has 2 fully saturated rings. The fourth-order valence-electron chi connectivity index (χ4n) is 9.07. The summed E-state index contributed by atoms with van der Waals surface area (Å²) in [4.78, 5) is 0. The van der Waals surface area contributed by atoms with Crippen LogP contribution in [0.3, 0.4) is 0 Å². The Morgan fingerprint density at radius 3 is 1.09 bits per heavy atom. The molecule has 3 unspecified atom stereocenters. The van der Waals surface area contributed by atoms with Gasteiger partial charge >= 0.3 is 59.9 Å². The molecule has 273 valence electrons. The second kappa shape index (κ2) is 13.5. The fraction of sp³-hybridized carbons (Fsp3) is 1.00. The zero-order chi connectivity index (χ0) is 36.4. The minimum atomic E-state index is -2.70. The Hall–Kier alpha value is 1.59. The molecule has 0 spiro atoms. The number of hydrogen-bond donors (Lipinski definition) is 1. The summed E-state index contributed by atoms with van der Waals surface area (Å²) in [6.45, 7) is 44.9. The third kappa shape index (κ3) is 10.6. The lowest BCUT2D eigenvalue weighted by Crippen LogP contribution is -2.69. The van der Waals surface area contributed by atoms with E-state index in [0.29, 0.717) is 5.92 Å². The lowest BCUT2D eigenvalue weighted by Gasteiger charge is -2.54. The average Bonchev–Trinajstić information content (AvgIpc) is 2.98. The third-order valence-electron chi connectivity index (χ3n) is 9.79. The van der Waals surface area contributed by atoms with Gasteiger partial charge in [0.1, 0.15) is 0 Å². The van der Waals surface area contributed by atoms with E-state index < -0.39 is 82.5 Å². The Balaban J connectivity index is 2.09. The lowest BCUT2D eigenvalue weighted by atomic mass is 9.69. The molecule has 1 radical (unpaired) electrons. The number of rotatable bonds is 17. The van der Waals surface area contributed by atoms with Gasteiger partial charge in [0.2, 0.25) is 8.32 Å². The van der Waals surface area contributed by atoms with Gasteiger partial charge < -0.3 is 38.0 Å². The molecule has 0 aromatic rings. The van der Waals surface area contributed by atoms with Gasteiger partial charge in [-0.25, -0.2) is 0 Å². The molecule has 0 aliphatic heterocycles. The minimum absolute atomic E-state index is 0.0970. The monoisotopic (exact) mass is 803 g/mol. The van der Waals surface area contributed by atoms with Gasteiger partial charge in [0.25, 0.3) is 0 Å². The molecule has 0 aromatic heterocycles. The number of fused-ring (bicyclic) bond motifs is 2. The van der Waals surface area contributed by atoms with Crippen molar-refractivity contribution < 1.29 is 38.0 Å². The van der Waals surface area contributed by atoms with Gasteiger partial charge in [-0.1, -0.05) is 20.8 Å². The van der Waals surface area contributed by atoms with E-state index in [1.807, 2.05) is 0 Å². The standard InChI is InChI=1S/C28H71O9Si9/c1-26(2)25-22-23-27(26,3)28(29,24-25)39(6,7)31-41(10,11)33-43(14,15)35-45(18,19)37-46(20,21)36-44(16,17)34-42(12,13)32-40(8,9)30-38(4)5/h25,29H,22-24H2,1-21H3. The molecule has 2 saturated carbocycles. The molecule has 0 saturated heterocycles. The van der Waals surface area contributed by atoms with Crippen molar-refractivity contribution in [3.05, 3.63) is 0 Å². The van der Waals surface area contributed by atoms with Crippen molar-refractivity contribution in [1.82, 2.24) is 0 Å². The molecule has 46 heavy (non-hydrogen) atoms. The molecule has 2 aliphatic rings. The molecule has 0 heterocycles. The van der Waals surface area contributed by atoms with Gasteiger partial charge in [0.05, 0.1) is 5.22 Å². The summed E-state index contributed by atoms with van der Waals surface area (Å²) in [5.74, 6) is 0.532. The summed E-state index contributed by atoms with van der Waals surface area (Å²) in [5, 5.41) is 11.6. The molecule has 2 aliphatic carbocycles. The first-order chi connectivity index (χ1) is 19.9. The normalized spacial score (nSPS) is 26.8. The maximum atomic E-state index is 12.4. The van der Waals surface area contributed by atoms with Crippen LogP contribution in [-0.2, 0) is 32.9 Å². The fourth-order valence-corrected chi connectivity index (χ4v) is 53.3. The quantitative estimate of drug-likeness (QED) is 0.145. The van der Waals surface area contributed by atoms with Crippen LogP contribution in [0.15, 0.2) is 0 Å². The Bertz CT molecular complexity index is 1080. The van der Waals surface area contributed by atoms with Gasteiger partial charge in [-0.2, -0.15) is 0 Å². The molecular formula is C28H71O9Si9. The van der Waals surface area contributed by atoms with Crippen LogP contribution in [0.1, 0.15) is 40.0 Å². The van der Waals surface area contributed by atoms with Crippen LogP contribution in [0.4, 0.5) is 0 Å². The molecule has 9 nitrogen and oxygen atoms in total. The van der Waals surface area contributed by atoms with E-state index in [2.05, 4.69) is 139 Å². The van der Waals surface area contributed by atoms with E-state index in [0.717, 1.165) is 12.8 Å². The Kier molecular flexibility index (Phi) is 12.9. The molecule has 1 N–H and O–H groups in total. The highest BCUT2D eigenvalue weighted by molar-refractivity contribution is 6.92. The van der Waals surface area contributed by atoms with Crippen molar-refractivity contribution in [2.75, 3.05) is 0 Å². The zero-order valence-corrected chi connectivity index (χ0v) is 42.4. The first-order valence-corrected chi connectivity index (χ1v) is 42.1.